The fourth-order valence-electron chi connectivity index (χ4n) is 9.35. The molecule has 14 atom stereocenters. The van der Waals surface area contributed by atoms with Crippen LogP contribution in [0.5, 0.6) is 0 Å². The SMILES string of the molecule is CCC=CCC=CCC=CCC=CCC=CCC=CCCC(=O)NCCCN1C[C@H](C)C[C@@](C)(O)[C@H](O[C@@H]2O[C@H](C)C[C@H](N(C)C)[C@H]2O)[C@@H](C)[C@H](O)[C@@H](C)C(=O)O[C@H](CC)[C@@](C)(O)[C@H](O)[C@H]1C. The quantitative estimate of drug-likeness (QED) is 0.0362. The fraction of sp³-hybridized carbons (Fsp3) is 0.741. The summed E-state index contributed by atoms with van der Waals surface area (Å²) in [7, 11) is 3.75. The van der Waals surface area contributed by atoms with Gasteiger partial charge in [0.25, 0.3) is 0 Å². The van der Waals surface area contributed by atoms with E-state index in [1.807, 2.05) is 50.7 Å². The summed E-state index contributed by atoms with van der Waals surface area (Å²) >= 11 is 0. The standard InChI is InChI=1S/C54H93N3O10/c1-12-14-15-16-17-18-19-20-21-22-23-24-25-26-27-28-29-30-31-33-46(58)55-34-32-35-57-38-39(3)37-53(8,63)50(67-52-48(60)44(56(10)11)36-40(4)65-52)41(5)47(59)42(6)51(62)66-45(13-2)54(9,64)49(61)43(57)7/h14-15,17-18,20-21,23-24,26-27,29-30,39-45,47-50,52,59-61,63-64H,12-13,16,19,22,25,28,31-38H2,1-11H3,(H,55,58)/t39-,40-,41+,42-,43-,44+,45-,47+,48-,49-,50-,52+,53-,54-/m1/s1. The predicted molar refractivity (Wildman–Crippen MR) is 269 cm³/mol. The van der Waals surface area contributed by atoms with Crippen LogP contribution < -0.4 is 5.32 Å². The monoisotopic (exact) mass is 944 g/mol. The van der Waals surface area contributed by atoms with Gasteiger partial charge in [-0.3, -0.25) is 14.5 Å². The Kier molecular flexibility index (Phi) is 28.1. The summed E-state index contributed by atoms with van der Waals surface area (Å²) in [6, 6.07) is -0.907. The zero-order chi connectivity index (χ0) is 50.2. The number of cyclic esters (lactones) is 1. The number of hydrogen-bond donors (Lipinski definition) is 6. The lowest BCUT2D eigenvalue weighted by Gasteiger charge is -2.46. The predicted octanol–water partition coefficient (Wildman–Crippen LogP) is 7.33. The largest absolute Gasteiger partial charge is 0.459 e. The summed E-state index contributed by atoms with van der Waals surface area (Å²) in [6.07, 6.45) is 26.7. The van der Waals surface area contributed by atoms with Gasteiger partial charge in [-0.15, -0.1) is 0 Å². The maximum Gasteiger partial charge on any atom is 0.311 e. The van der Waals surface area contributed by atoms with Gasteiger partial charge in [-0.1, -0.05) is 101 Å². The molecule has 0 saturated carbocycles. The van der Waals surface area contributed by atoms with Crippen molar-refractivity contribution in [3.63, 3.8) is 0 Å². The molecule has 13 nitrogen and oxygen atoms in total. The van der Waals surface area contributed by atoms with Gasteiger partial charge in [-0.25, -0.2) is 0 Å². The van der Waals surface area contributed by atoms with Gasteiger partial charge in [0.1, 0.15) is 23.9 Å². The summed E-state index contributed by atoms with van der Waals surface area (Å²) in [5.41, 5.74) is -3.45. The number of rotatable bonds is 22. The minimum atomic E-state index is -1.86. The molecular weight excluding hydrogens is 851 g/mol. The number of amides is 1. The van der Waals surface area contributed by atoms with Gasteiger partial charge in [-0.2, -0.15) is 0 Å². The number of aliphatic hydroxyl groups is 5. The van der Waals surface area contributed by atoms with E-state index in [1.54, 1.807) is 20.8 Å². The number of hydrogen-bond acceptors (Lipinski definition) is 12. The number of nitrogens with zero attached hydrogens (tertiary/aromatic N) is 2. The topological polar surface area (TPSA) is 181 Å². The molecule has 0 aliphatic carbocycles. The molecule has 0 radical (unpaired) electrons. The van der Waals surface area contributed by atoms with Crippen molar-refractivity contribution in [1.82, 2.24) is 15.1 Å². The molecule has 2 aliphatic heterocycles. The van der Waals surface area contributed by atoms with E-state index in [9.17, 15) is 35.1 Å². The maximum absolute atomic E-state index is 13.7. The number of carbonyl (C=O) groups excluding carboxylic acids is 2. The van der Waals surface area contributed by atoms with E-state index in [0.29, 0.717) is 45.3 Å². The first-order valence-corrected chi connectivity index (χ1v) is 25.3. The van der Waals surface area contributed by atoms with Crippen molar-refractivity contribution in [3.8, 4) is 0 Å². The number of ether oxygens (including phenoxy) is 3. The summed E-state index contributed by atoms with van der Waals surface area (Å²) < 4.78 is 18.5. The number of nitrogens with one attached hydrogen (secondary N) is 1. The highest BCUT2D eigenvalue weighted by molar-refractivity contribution is 5.76. The Morgan fingerprint density at radius 1 is 0.836 bits per heavy atom. The van der Waals surface area contributed by atoms with Gasteiger partial charge in [0.2, 0.25) is 5.91 Å². The van der Waals surface area contributed by atoms with E-state index in [2.05, 4.69) is 79.1 Å². The van der Waals surface area contributed by atoms with E-state index in [0.717, 1.165) is 38.5 Å². The van der Waals surface area contributed by atoms with Gasteiger partial charge in [-0.05, 0) is 125 Å². The van der Waals surface area contributed by atoms with Crippen LogP contribution in [0.3, 0.4) is 0 Å². The molecule has 0 aromatic carbocycles. The van der Waals surface area contributed by atoms with Crippen LogP contribution >= 0.6 is 0 Å². The van der Waals surface area contributed by atoms with Crippen LogP contribution in [0.4, 0.5) is 0 Å². The first-order valence-electron chi connectivity index (χ1n) is 25.3. The Bertz CT molecular complexity index is 1590. The van der Waals surface area contributed by atoms with Crippen molar-refractivity contribution < 1.29 is 49.3 Å². The van der Waals surface area contributed by atoms with Gasteiger partial charge in [0.05, 0.1) is 29.8 Å². The summed E-state index contributed by atoms with van der Waals surface area (Å²) in [5.74, 6) is -2.97. The number of likely N-dealkylation sites (N-methyl/N-ethyl adjacent to an activating group) is 1. The molecule has 2 rings (SSSR count). The molecule has 0 unspecified atom stereocenters. The minimum absolute atomic E-state index is 0.0560. The highest BCUT2D eigenvalue weighted by atomic mass is 16.7. The Morgan fingerprint density at radius 3 is 1.90 bits per heavy atom. The van der Waals surface area contributed by atoms with Crippen LogP contribution in [0, 0.1) is 17.8 Å². The summed E-state index contributed by atoms with van der Waals surface area (Å²) in [6.45, 7) is 17.1. The number of aliphatic hydroxyl groups excluding tert-OH is 3. The molecule has 13 heteroatoms. The van der Waals surface area contributed by atoms with Crippen molar-refractivity contribution >= 4 is 11.9 Å². The second-order valence-electron chi connectivity index (χ2n) is 19.8. The average Bonchev–Trinajstić information content (AvgIpc) is 3.27. The third-order valence-corrected chi connectivity index (χ3v) is 13.4. The van der Waals surface area contributed by atoms with Gasteiger partial charge < -0.3 is 50.0 Å². The molecule has 2 heterocycles. The number of esters is 1. The highest BCUT2D eigenvalue weighted by Crippen LogP contribution is 2.37. The van der Waals surface area contributed by atoms with Crippen LogP contribution in [-0.4, -0.2) is 147 Å². The van der Waals surface area contributed by atoms with E-state index < -0.39 is 71.9 Å². The number of allylic oxidation sites excluding steroid dienone is 12. The minimum Gasteiger partial charge on any atom is -0.459 e. The van der Waals surface area contributed by atoms with E-state index in [-0.39, 0.29) is 36.8 Å². The van der Waals surface area contributed by atoms with Crippen molar-refractivity contribution in [2.45, 2.75) is 206 Å². The third kappa shape index (κ3) is 20.9. The van der Waals surface area contributed by atoms with Gasteiger partial charge in [0, 0.05) is 44.1 Å². The van der Waals surface area contributed by atoms with Crippen LogP contribution in [0.15, 0.2) is 72.9 Å². The van der Waals surface area contributed by atoms with E-state index >= 15 is 0 Å². The Balaban J connectivity index is 2.07. The molecule has 6 N–H and O–H groups in total. The molecular formula is C54H93N3O10. The Morgan fingerprint density at radius 2 is 1.37 bits per heavy atom. The Hall–Kier alpha value is -2.98. The smallest absolute Gasteiger partial charge is 0.311 e. The zero-order valence-corrected chi connectivity index (χ0v) is 43.1. The fourth-order valence-corrected chi connectivity index (χ4v) is 9.35. The van der Waals surface area contributed by atoms with Crippen molar-refractivity contribution in [2.24, 2.45) is 17.8 Å². The average molecular weight is 944 g/mol. The first kappa shape index (κ1) is 60.1. The van der Waals surface area contributed by atoms with Gasteiger partial charge in [0.15, 0.2) is 6.29 Å². The van der Waals surface area contributed by atoms with Crippen LogP contribution in [-0.2, 0) is 23.8 Å². The summed E-state index contributed by atoms with van der Waals surface area (Å²) in [4.78, 5) is 30.4. The lowest BCUT2D eigenvalue weighted by Crippen LogP contribution is -2.59. The molecule has 1 amide bonds. The van der Waals surface area contributed by atoms with Crippen LogP contribution in [0.2, 0.25) is 0 Å². The van der Waals surface area contributed by atoms with Crippen molar-refractivity contribution in [1.29, 1.82) is 0 Å². The van der Waals surface area contributed by atoms with Crippen molar-refractivity contribution in [3.05, 3.63) is 72.9 Å². The molecule has 2 fully saturated rings. The zero-order valence-electron chi connectivity index (χ0n) is 43.1. The normalized spacial score (nSPS) is 34.9. The maximum atomic E-state index is 13.7. The number of carbonyl (C=O) groups is 2. The third-order valence-electron chi connectivity index (χ3n) is 13.4. The van der Waals surface area contributed by atoms with E-state index in [1.165, 1.54) is 13.8 Å². The van der Waals surface area contributed by atoms with Crippen molar-refractivity contribution in [2.75, 3.05) is 33.7 Å². The Labute approximate surface area is 405 Å². The van der Waals surface area contributed by atoms with Crippen LogP contribution in [0.25, 0.3) is 0 Å². The lowest BCUT2D eigenvalue weighted by molar-refractivity contribution is -0.299. The molecule has 0 aromatic rings. The highest BCUT2D eigenvalue weighted by Gasteiger charge is 2.50. The lowest BCUT2D eigenvalue weighted by atomic mass is 9.78. The molecule has 2 saturated heterocycles. The molecule has 0 bridgehead atoms. The molecule has 0 aromatic heterocycles. The molecule has 67 heavy (non-hydrogen) atoms. The first-order chi connectivity index (χ1) is 31.7. The summed E-state index contributed by atoms with van der Waals surface area (Å²) in [5, 5.41) is 62.2. The second kappa shape index (κ2) is 31.3. The van der Waals surface area contributed by atoms with Gasteiger partial charge >= 0.3 is 5.97 Å². The second-order valence-corrected chi connectivity index (χ2v) is 19.8. The molecule has 384 valence electrons. The van der Waals surface area contributed by atoms with Crippen LogP contribution in [0.1, 0.15) is 139 Å². The van der Waals surface area contributed by atoms with E-state index in [4.69, 9.17) is 14.2 Å². The molecule has 0 spiro atoms. The molecule has 2 aliphatic rings.